The zero-order chi connectivity index (χ0) is 52.1. The van der Waals surface area contributed by atoms with Crippen LogP contribution in [0.3, 0.4) is 0 Å². The second-order valence-electron chi connectivity index (χ2n) is 17.2. The number of aromatic carboxylic acids is 1. The van der Waals surface area contributed by atoms with E-state index >= 15 is 0 Å². The van der Waals surface area contributed by atoms with Crippen molar-refractivity contribution in [2.75, 3.05) is 25.7 Å². The third-order valence-corrected chi connectivity index (χ3v) is 12.7. The van der Waals surface area contributed by atoms with Crippen molar-refractivity contribution < 1.29 is 24.2 Å². The summed E-state index contributed by atoms with van der Waals surface area (Å²) in [6, 6.07) is 22.7. The number of hydrogen-bond donors (Lipinski definition) is 5. The summed E-state index contributed by atoms with van der Waals surface area (Å²) in [5, 5.41) is 16.9. The minimum absolute atomic E-state index is 0. The van der Waals surface area contributed by atoms with E-state index in [1.807, 2.05) is 97.6 Å². The number of fused-ring (bicyclic) bond motifs is 4. The number of benzene rings is 2. The Morgan fingerprint density at radius 1 is 0.627 bits per heavy atom. The van der Waals surface area contributed by atoms with E-state index < -0.39 is 5.97 Å². The van der Waals surface area contributed by atoms with Crippen LogP contribution in [0, 0.1) is 27.7 Å². The van der Waals surface area contributed by atoms with E-state index in [0.717, 1.165) is 83.0 Å². The minimum Gasteiger partial charge on any atom is -0.481 e. The number of halogens is 2. The maximum absolute atomic E-state index is 13.3. The summed E-state index contributed by atoms with van der Waals surface area (Å²) < 4.78 is 14.3. The lowest BCUT2D eigenvalue weighted by atomic mass is 10.1. The Balaban J connectivity index is 0.000000204. The first kappa shape index (κ1) is 55.9. The molecule has 0 aliphatic rings. The number of nitrogens with zero attached hydrogens (tertiary/aromatic N) is 8. The summed E-state index contributed by atoms with van der Waals surface area (Å²) in [6.07, 6.45) is 10.1. The molecule has 75 heavy (non-hydrogen) atoms. The van der Waals surface area contributed by atoms with E-state index in [0.29, 0.717) is 70.6 Å². The lowest BCUT2D eigenvalue weighted by molar-refractivity contribution is 0.0698. The van der Waals surface area contributed by atoms with Crippen LogP contribution in [0.25, 0.3) is 43.6 Å². The number of nitrogens with one attached hydrogen (secondary N) is 1. The van der Waals surface area contributed by atoms with Crippen LogP contribution in [0.2, 0.25) is 10.0 Å². The van der Waals surface area contributed by atoms with E-state index in [-0.39, 0.29) is 26.3 Å². The summed E-state index contributed by atoms with van der Waals surface area (Å²) in [7, 11) is 3.05. The predicted octanol–water partition coefficient (Wildman–Crippen LogP) is 10.8. The standard InChI is InChI=1S/C27H25ClN6O2.C19H14ClN3O3.C8H13N3.2CH4/c1-15-6-25(29)33-16(2)21(15)11-32-27(35)22-14-34(24-12-31-26(36-3)9-20(22)24)13-17-4-5-23-18(7-17)8-19(28)10-30-23;1-26-18-6-14-15(19(24)25)10-23(17(14)8-22-18)9-11-2-3-16-12(4-11)5-13(20)7-21-16;1-5-3-8(10)11-6(2)7(5)4-9;;/h4-10,12,14H,11,13H2,1-3H3,(H2,29,33)(H,32,35);2-8,10H,9H2,1H3,(H,24,25);3H,4,9H2,1-2H3,(H2,10,11);2*1H4. The smallest absolute Gasteiger partial charge is 0.337 e. The van der Waals surface area contributed by atoms with E-state index in [2.05, 4.69) is 41.3 Å². The molecule has 1 amide bonds. The Kier molecular flexibility index (Phi) is 18.0. The van der Waals surface area contributed by atoms with E-state index in [1.165, 1.54) is 7.11 Å². The predicted molar refractivity (Wildman–Crippen MR) is 300 cm³/mol. The molecule has 19 heteroatoms. The van der Waals surface area contributed by atoms with E-state index in [4.69, 9.17) is 49.9 Å². The van der Waals surface area contributed by atoms with Gasteiger partial charge in [0.1, 0.15) is 11.6 Å². The second-order valence-corrected chi connectivity index (χ2v) is 18.1. The number of anilines is 2. The number of nitrogens with two attached hydrogens (primary N) is 3. The number of ether oxygens (including phenoxy) is 2. The van der Waals surface area contributed by atoms with Crippen molar-refractivity contribution in [3.05, 3.63) is 176 Å². The zero-order valence-electron chi connectivity index (χ0n) is 40.9. The molecule has 10 aromatic rings. The molecule has 0 fully saturated rings. The topological polar surface area (TPSA) is 250 Å². The van der Waals surface area contributed by atoms with Crippen molar-refractivity contribution in [1.82, 2.24) is 44.4 Å². The number of aromatic nitrogens is 8. The second kappa shape index (κ2) is 24.1. The van der Waals surface area contributed by atoms with Gasteiger partial charge < -0.3 is 46.2 Å². The number of carboxylic acids is 1. The lowest BCUT2D eigenvalue weighted by Gasteiger charge is -2.11. The summed E-state index contributed by atoms with van der Waals surface area (Å²) in [5.74, 6) is 0.666. The van der Waals surface area contributed by atoms with Crippen LogP contribution in [0.1, 0.15) is 80.3 Å². The van der Waals surface area contributed by atoms with Crippen LogP contribution >= 0.6 is 23.2 Å². The van der Waals surface area contributed by atoms with E-state index in [1.54, 1.807) is 50.2 Å². The van der Waals surface area contributed by atoms with Crippen LogP contribution < -0.4 is 32.0 Å². The number of amides is 1. The Morgan fingerprint density at radius 2 is 1.08 bits per heavy atom. The number of methoxy groups -OCH3 is 2. The molecular weight excluding hydrogens is 992 g/mol. The highest BCUT2D eigenvalue weighted by Gasteiger charge is 2.19. The van der Waals surface area contributed by atoms with Crippen LogP contribution in [0.4, 0.5) is 11.6 Å². The summed E-state index contributed by atoms with van der Waals surface area (Å²) in [5.41, 5.74) is 28.9. The zero-order valence-corrected chi connectivity index (χ0v) is 42.4. The van der Waals surface area contributed by atoms with E-state index in [9.17, 15) is 14.7 Å². The highest BCUT2D eigenvalue weighted by Crippen LogP contribution is 2.29. The van der Waals surface area contributed by atoms with Gasteiger partial charge in [-0.05, 0) is 110 Å². The molecule has 8 aromatic heterocycles. The number of rotatable bonds is 11. The highest BCUT2D eigenvalue weighted by molar-refractivity contribution is 6.31. The molecule has 0 aliphatic heterocycles. The van der Waals surface area contributed by atoms with Crippen molar-refractivity contribution in [3.8, 4) is 11.8 Å². The fraction of sp³-hybridized carbons (Fsp3) is 0.214. The van der Waals surface area contributed by atoms with Gasteiger partial charge >= 0.3 is 5.97 Å². The van der Waals surface area contributed by atoms with Crippen LogP contribution in [-0.2, 0) is 26.2 Å². The van der Waals surface area contributed by atoms with Gasteiger partial charge in [0.2, 0.25) is 11.8 Å². The van der Waals surface area contributed by atoms with Gasteiger partial charge in [-0.3, -0.25) is 14.8 Å². The largest absolute Gasteiger partial charge is 0.481 e. The molecule has 8 heterocycles. The first-order valence-electron chi connectivity index (χ1n) is 22.8. The first-order chi connectivity index (χ1) is 35.0. The van der Waals surface area contributed by atoms with Crippen molar-refractivity contribution in [2.45, 2.75) is 68.7 Å². The van der Waals surface area contributed by atoms with Crippen LogP contribution in [0.5, 0.6) is 11.8 Å². The summed E-state index contributed by atoms with van der Waals surface area (Å²) >= 11 is 12.2. The normalized spacial score (nSPS) is 10.7. The molecule has 0 atom stereocenters. The summed E-state index contributed by atoms with van der Waals surface area (Å²) in [6.45, 7) is 9.68. The van der Waals surface area contributed by atoms with Gasteiger partial charge in [0.15, 0.2) is 0 Å². The molecule has 0 saturated carbocycles. The maximum atomic E-state index is 13.3. The van der Waals surface area contributed by atoms with Crippen molar-refractivity contribution in [2.24, 2.45) is 5.73 Å². The van der Waals surface area contributed by atoms with Gasteiger partial charge in [-0.25, -0.2) is 24.7 Å². The molecule has 0 radical (unpaired) electrons. The average Bonchev–Trinajstić information content (AvgIpc) is 3.90. The summed E-state index contributed by atoms with van der Waals surface area (Å²) in [4.78, 5) is 50.6. The van der Waals surface area contributed by atoms with Crippen molar-refractivity contribution in [1.29, 1.82) is 0 Å². The molecular formula is C56H60Cl2N12O5. The monoisotopic (exact) mass is 1050 g/mol. The fourth-order valence-electron chi connectivity index (χ4n) is 8.69. The van der Waals surface area contributed by atoms with Gasteiger partial charge in [0.25, 0.3) is 5.91 Å². The number of carbonyl (C=O) groups excluding carboxylic acids is 1. The SMILES string of the molecule is C.C.COc1cc2c(C(=O)NCc3c(C)cc(N)nc3C)cn(Cc3ccc4ncc(Cl)cc4c3)c2cn1.COc1cc2c(C(=O)O)cn(Cc3ccc4ncc(Cl)cc4c3)c2cn1.Cc1cc(N)nc(C)c1CN. The first-order valence-corrected chi connectivity index (χ1v) is 23.6. The molecule has 388 valence electrons. The molecule has 10 rings (SSSR count). The Hall–Kier alpha value is -8.38. The molecule has 2 aromatic carbocycles. The average molecular weight is 1050 g/mol. The van der Waals surface area contributed by atoms with Gasteiger partial charge in [-0.1, -0.05) is 50.2 Å². The van der Waals surface area contributed by atoms with Crippen LogP contribution in [-0.4, -0.2) is 70.2 Å². The van der Waals surface area contributed by atoms with Gasteiger partial charge in [0, 0.05) is 96.0 Å². The lowest BCUT2D eigenvalue weighted by Crippen LogP contribution is -2.24. The van der Waals surface area contributed by atoms with Crippen molar-refractivity contribution in [3.63, 3.8) is 0 Å². The Bertz CT molecular complexity index is 3680. The molecule has 8 N–H and O–H groups in total. The van der Waals surface area contributed by atoms with Gasteiger partial charge in [-0.2, -0.15) is 0 Å². The Morgan fingerprint density at radius 3 is 1.52 bits per heavy atom. The molecule has 0 spiro atoms. The third-order valence-electron chi connectivity index (χ3n) is 12.3. The quantitative estimate of drug-likeness (QED) is 0.0808. The third kappa shape index (κ3) is 12.7. The number of hydrogen-bond acceptors (Lipinski definition) is 13. The number of nitrogen functional groups attached to an aromatic ring is 2. The van der Waals surface area contributed by atoms with Gasteiger partial charge in [-0.15, -0.1) is 0 Å². The molecule has 0 unspecified atom stereocenters. The number of carboxylic acid groups (broad SMARTS) is 1. The number of carbonyl (C=O) groups is 2. The Labute approximate surface area is 444 Å². The van der Waals surface area contributed by atoms with Crippen LogP contribution in [0.15, 0.2) is 110 Å². The fourth-order valence-corrected chi connectivity index (χ4v) is 9.02. The molecule has 0 aliphatic carbocycles. The minimum atomic E-state index is -0.989. The molecule has 17 nitrogen and oxygen atoms in total. The molecule has 0 saturated heterocycles. The number of pyridine rings is 6. The highest BCUT2D eigenvalue weighted by atomic mass is 35.5. The van der Waals surface area contributed by atoms with Gasteiger partial charge in [0.05, 0.1) is 69.9 Å². The van der Waals surface area contributed by atoms with Crippen molar-refractivity contribution >= 4 is 90.3 Å². The molecule has 0 bridgehead atoms. The number of aryl methyl sites for hydroxylation is 4. The maximum Gasteiger partial charge on any atom is 0.337 e.